The first kappa shape index (κ1) is 12.5. The summed E-state index contributed by atoms with van der Waals surface area (Å²) in [6, 6.07) is 2.64. The molecular formula is C10H14N2O3S2. The SMILES string of the molecule is CC1C(=O)N(C)CCN1S(=O)(=O)c1cccs1. The number of carbonyl (C=O) groups is 1. The van der Waals surface area contributed by atoms with Gasteiger partial charge in [0, 0.05) is 20.1 Å². The molecule has 1 saturated heterocycles. The number of rotatable bonds is 2. The number of hydrogen-bond donors (Lipinski definition) is 0. The first-order valence-electron chi connectivity index (χ1n) is 5.25. The lowest BCUT2D eigenvalue weighted by molar-refractivity contribution is -0.136. The quantitative estimate of drug-likeness (QED) is 0.793. The Hall–Kier alpha value is -0.920. The highest BCUT2D eigenvalue weighted by Gasteiger charge is 2.38. The van der Waals surface area contributed by atoms with Crippen LogP contribution in [0.3, 0.4) is 0 Å². The molecule has 0 radical (unpaired) electrons. The molecule has 0 N–H and O–H groups in total. The third-order valence-corrected chi connectivity index (χ3v) is 6.22. The van der Waals surface area contributed by atoms with Crippen LogP contribution >= 0.6 is 11.3 Å². The number of nitrogens with zero attached hydrogens (tertiary/aromatic N) is 2. The molecule has 1 fully saturated rings. The average Bonchev–Trinajstić information content (AvgIpc) is 2.79. The predicted molar refractivity (Wildman–Crippen MR) is 65.3 cm³/mol. The van der Waals surface area contributed by atoms with E-state index in [4.69, 9.17) is 0 Å². The summed E-state index contributed by atoms with van der Waals surface area (Å²) >= 11 is 1.17. The van der Waals surface area contributed by atoms with Crippen molar-refractivity contribution in [2.45, 2.75) is 17.2 Å². The molecule has 94 valence electrons. The summed E-state index contributed by atoms with van der Waals surface area (Å²) in [6.07, 6.45) is 0. The molecule has 0 saturated carbocycles. The third kappa shape index (κ3) is 2.10. The molecule has 1 atom stereocenters. The van der Waals surface area contributed by atoms with E-state index in [2.05, 4.69) is 0 Å². The van der Waals surface area contributed by atoms with Crippen molar-refractivity contribution < 1.29 is 13.2 Å². The maximum absolute atomic E-state index is 12.3. The van der Waals surface area contributed by atoms with Gasteiger partial charge >= 0.3 is 0 Å². The molecule has 7 heteroatoms. The van der Waals surface area contributed by atoms with E-state index in [1.54, 1.807) is 36.4 Å². The Balaban J connectivity index is 2.32. The summed E-state index contributed by atoms with van der Waals surface area (Å²) < 4.78 is 26.1. The van der Waals surface area contributed by atoms with Gasteiger partial charge in [-0.15, -0.1) is 11.3 Å². The summed E-state index contributed by atoms with van der Waals surface area (Å²) in [5.74, 6) is -0.156. The molecule has 1 unspecified atom stereocenters. The van der Waals surface area contributed by atoms with Crippen LogP contribution in [0.15, 0.2) is 21.7 Å². The van der Waals surface area contributed by atoms with Gasteiger partial charge in [0.25, 0.3) is 10.0 Å². The number of piperazine rings is 1. The molecule has 17 heavy (non-hydrogen) atoms. The van der Waals surface area contributed by atoms with E-state index in [1.807, 2.05) is 0 Å². The summed E-state index contributed by atoms with van der Waals surface area (Å²) in [4.78, 5) is 13.3. The Morgan fingerprint density at radius 1 is 1.41 bits per heavy atom. The first-order chi connectivity index (χ1) is 7.94. The molecule has 1 amide bonds. The van der Waals surface area contributed by atoms with Gasteiger partial charge in [-0.1, -0.05) is 6.07 Å². The maximum Gasteiger partial charge on any atom is 0.253 e. The fourth-order valence-electron chi connectivity index (χ4n) is 1.85. The van der Waals surface area contributed by atoms with Crippen LogP contribution in [0, 0.1) is 0 Å². The van der Waals surface area contributed by atoms with E-state index in [0.717, 1.165) is 0 Å². The second-order valence-electron chi connectivity index (χ2n) is 3.98. The van der Waals surface area contributed by atoms with Crippen LogP contribution in [-0.2, 0) is 14.8 Å². The van der Waals surface area contributed by atoms with Gasteiger partial charge in [0.1, 0.15) is 10.3 Å². The highest BCUT2D eigenvalue weighted by Crippen LogP contribution is 2.24. The zero-order valence-corrected chi connectivity index (χ0v) is 11.3. The van der Waals surface area contributed by atoms with Gasteiger partial charge in [0.05, 0.1) is 0 Å². The number of carbonyl (C=O) groups excluding carboxylic acids is 1. The lowest BCUT2D eigenvalue weighted by Gasteiger charge is -2.35. The van der Waals surface area contributed by atoms with E-state index >= 15 is 0 Å². The van der Waals surface area contributed by atoms with E-state index < -0.39 is 16.1 Å². The van der Waals surface area contributed by atoms with Crippen molar-refractivity contribution in [1.29, 1.82) is 0 Å². The molecule has 0 spiro atoms. The smallest absolute Gasteiger partial charge is 0.253 e. The minimum Gasteiger partial charge on any atom is -0.343 e. The summed E-state index contributed by atoms with van der Waals surface area (Å²) in [7, 11) is -1.83. The van der Waals surface area contributed by atoms with Crippen LogP contribution in [0.2, 0.25) is 0 Å². The maximum atomic E-state index is 12.3. The zero-order chi connectivity index (χ0) is 12.6. The molecule has 1 aromatic rings. The van der Waals surface area contributed by atoms with Gasteiger partial charge in [-0.3, -0.25) is 4.79 Å². The fourth-order valence-corrected chi connectivity index (χ4v) is 4.55. The van der Waals surface area contributed by atoms with E-state index in [9.17, 15) is 13.2 Å². The van der Waals surface area contributed by atoms with Crippen LogP contribution in [0.5, 0.6) is 0 Å². The molecule has 0 aromatic carbocycles. The monoisotopic (exact) mass is 274 g/mol. The van der Waals surface area contributed by atoms with E-state index in [1.165, 1.54) is 15.6 Å². The second-order valence-corrected chi connectivity index (χ2v) is 7.05. The first-order valence-corrected chi connectivity index (χ1v) is 7.57. The van der Waals surface area contributed by atoms with Crippen LogP contribution in [0.25, 0.3) is 0 Å². The Labute approximate surface area is 105 Å². The van der Waals surface area contributed by atoms with Crippen molar-refractivity contribution in [3.05, 3.63) is 17.5 Å². The molecule has 0 bridgehead atoms. The standard InChI is InChI=1S/C10H14N2O3S2/c1-8-10(13)11(2)5-6-12(8)17(14,15)9-4-3-7-16-9/h3-4,7-8H,5-6H2,1-2H3. The third-order valence-electron chi connectivity index (χ3n) is 2.88. The second kappa shape index (κ2) is 4.40. The van der Waals surface area contributed by atoms with Crippen LogP contribution in [-0.4, -0.2) is 49.7 Å². The number of hydrogen-bond acceptors (Lipinski definition) is 4. The molecule has 1 aliphatic rings. The van der Waals surface area contributed by atoms with Gasteiger partial charge in [-0.05, 0) is 18.4 Å². The molecule has 2 rings (SSSR count). The van der Waals surface area contributed by atoms with E-state index in [0.29, 0.717) is 17.3 Å². The number of likely N-dealkylation sites (N-methyl/N-ethyl adjacent to an activating group) is 1. The van der Waals surface area contributed by atoms with Crippen molar-refractivity contribution in [2.75, 3.05) is 20.1 Å². The minimum atomic E-state index is -3.52. The lowest BCUT2D eigenvalue weighted by atomic mass is 10.2. The molecular weight excluding hydrogens is 260 g/mol. The highest BCUT2D eigenvalue weighted by atomic mass is 32.2. The Morgan fingerprint density at radius 2 is 2.12 bits per heavy atom. The molecule has 1 aromatic heterocycles. The summed E-state index contributed by atoms with van der Waals surface area (Å²) in [6.45, 7) is 2.42. The molecule has 2 heterocycles. The minimum absolute atomic E-state index is 0.156. The van der Waals surface area contributed by atoms with Gasteiger partial charge in [0.2, 0.25) is 5.91 Å². The van der Waals surface area contributed by atoms with Crippen molar-refractivity contribution in [2.24, 2.45) is 0 Å². The summed E-state index contributed by atoms with van der Waals surface area (Å²) in [5, 5.41) is 1.72. The Kier molecular flexibility index (Phi) is 3.24. The summed E-state index contributed by atoms with van der Waals surface area (Å²) in [5.41, 5.74) is 0. The lowest BCUT2D eigenvalue weighted by Crippen LogP contribution is -2.56. The topological polar surface area (TPSA) is 57.7 Å². The van der Waals surface area contributed by atoms with Gasteiger partial charge in [-0.2, -0.15) is 4.31 Å². The molecule has 5 nitrogen and oxygen atoms in total. The van der Waals surface area contributed by atoms with Crippen molar-refractivity contribution in [3.8, 4) is 0 Å². The average molecular weight is 274 g/mol. The highest BCUT2D eigenvalue weighted by molar-refractivity contribution is 7.91. The largest absolute Gasteiger partial charge is 0.343 e. The molecule has 0 aliphatic carbocycles. The normalized spacial score (nSPS) is 23.1. The Bertz CT molecular complexity index is 510. The zero-order valence-electron chi connectivity index (χ0n) is 9.66. The fraction of sp³-hybridized carbons (Fsp3) is 0.500. The number of sulfonamides is 1. The van der Waals surface area contributed by atoms with Crippen LogP contribution in [0.4, 0.5) is 0 Å². The van der Waals surface area contributed by atoms with Gasteiger partial charge < -0.3 is 4.90 Å². The van der Waals surface area contributed by atoms with E-state index in [-0.39, 0.29) is 5.91 Å². The van der Waals surface area contributed by atoms with Crippen LogP contribution in [0.1, 0.15) is 6.92 Å². The van der Waals surface area contributed by atoms with Crippen molar-refractivity contribution >= 4 is 27.3 Å². The Morgan fingerprint density at radius 3 is 2.71 bits per heavy atom. The van der Waals surface area contributed by atoms with Gasteiger partial charge in [-0.25, -0.2) is 8.42 Å². The predicted octanol–water partition coefficient (Wildman–Crippen LogP) is 0.599. The molecule has 1 aliphatic heterocycles. The van der Waals surface area contributed by atoms with Gasteiger partial charge in [0.15, 0.2) is 0 Å². The number of amides is 1. The number of thiophene rings is 1. The van der Waals surface area contributed by atoms with Crippen LogP contribution < -0.4 is 0 Å². The van der Waals surface area contributed by atoms with Crippen molar-refractivity contribution in [3.63, 3.8) is 0 Å². The van der Waals surface area contributed by atoms with Crippen molar-refractivity contribution in [1.82, 2.24) is 9.21 Å².